The van der Waals surface area contributed by atoms with Gasteiger partial charge in [-0.3, -0.25) is 4.90 Å². The summed E-state index contributed by atoms with van der Waals surface area (Å²) in [6.07, 6.45) is 1.82. The van der Waals surface area contributed by atoms with E-state index < -0.39 is 0 Å². The maximum atomic E-state index is 5.95. The van der Waals surface area contributed by atoms with E-state index in [2.05, 4.69) is 35.1 Å². The van der Waals surface area contributed by atoms with Crippen LogP contribution < -0.4 is 25.4 Å². The summed E-state index contributed by atoms with van der Waals surface area (Å²) in [4.78, 5) is 22.1. The molecule has 162 valence electrons. The number of nitrogens with one attached hydrogen (secondary N) is 1. The summed E-state index contributed by atoms with van der Waals surface area (Å²) >= 11 is 0. The second kappa shape index (κ2) is 9.43. The van der Waals surface area contributed by atoms with Crippen LogP contribution in [0.15, 0.2) is 42.6 Å². The molecule has 1 aliphatic rings. The fourth-order valence-corrected chi connectivity index (χ4v) is 3.47. The Bertz CT molecular complexity index is 1010. The number of nitrogen functional groups attached to an aromatic ring is 1. The normalized spacial score (nSPS) is 14.3. The van der Waals surface area contributed by atoms with Gasteiger partial charge < -0.3 is 25.4 Å². The van der Waals surface area contributed by atoms with Gasteiger partial charge in [0.25, 0.3) is 0 Å². The highest BCUT2D eigenvalue weighted by molar-refractivity contribution is 5.65. The van der Waals surface area contributed by atoms with Gasteiger partial charge in [0.1, 0.15) is 23.1 Å². The van der Waals surface area contributed by atoms with Crippen molar-refractivity contribution in [2.45, 2.75) is 6.54 Å². The number of piperazine rings is 1. The zero-order valence-corrected chi connectivity index (χ0v) is 17.7. The van der Waals surface area contributed by atoms with E-state index in [0.717, 1.165) is 32.0 Å². The number of anilines is 4. The molecule has 0 radical (unpaired) electrons. The predicted molar refractivity (Wildman–Crippen MR) is 119 cm³/mol. The average molecular weight is 422 g/mol. The van der Waals surface area contributed by atoms with Crippen molar-refractivity contribution in [1.29, 1.82) is 0 Å². The Kier molecular flexibility index (Phi) is 6.27. The third-order valence-corrected chi connectivity index (χ3v) is 5.06. The number of ether oxygens (including phenoxy) is 2. The van der Waals surface area contributed by atoms with E-state index in [9.17, 15) is 0 Å². The summed E-state index contributed by atoms with van der Waals surface area (Å²) in [6.45, 7) is 4.14. The van der Waals surface area contributed by atoms with Gasteiger partial charge in [0.2, 0.25) is 11.9 Å². The molecule has 0 bridgehead atoms. The summed E-state index contributed by atoms with van der Waals surface area (Å²) in [7, 11) is 3.21. The minimum Gasteiger partial charge on any atom is -0.497 e. The van der Waals surface area contributed by atoms with Crippen LogP contribution in [-0.4, -0.2) is 65.2 Å². The molecule has 0 atom stereocenters. The molecule has 0 aliphatic carbocycles. The van der Waals surface area contributed by atoms with E-state index in [1.165, 1.54) is 0 Å². The van der Waals surface area contributed by atoms with Crippen LogP contribution in [0.1, 0.15) is 5.82 Å². The van der Waals surface area contributed by atoms with Gasteiger partial charge >= 0.3 is 0 Å². The lowest BCUT2D eigenvalue weighted by Crippen LogP contribution is -2.46. The highest BCUT2D eigenvalue weighted by Crippen LogP contribution is 2.30. The van der Waals surface area contributed by atoms with Crippen molar-refractivity contribution in [2.24, 2.45) is 0 Å². The molecule has 3 aromatic rings. The number of hydrogen-bond acceptors (Lipinski definition) is 10. The first-order chi connectivity index (χ1) is 15.1. The van der Waals surface area contributed by atoms with E-state index in [1.807, 2.05) is 42.6 Å². The molecule has 0 unspecified atom stereocenters. The molecule has 2 aromatic heterocycles. The van der Waals surface area contributed by atoms with Gasteiger partial charge in [-0.1, -0.05) is 6.07 Å². The second-order valence-electron chi connectivity index (χ2n) is 7.08. The SMILES string of the molecule is COc1ccc(OC)c(Nc2nc(N)nc(CN3CCN(c4ccccn4)CC3)n2)c1. The fourth-order valence-electron chi connectivity index (χ4n) is 3.47. The van der Waals surface area contributed by atoms with Crippen molar-refractivity contribution in [3.05, 3.63) is 48.4 Å². The predicted octanol–water partition coefficient (Wildman–Crippen LogP) is 1.93. The van der Waals surface area contributed by atoms with Gasteiger partial charge in [0, 0.05) is 38.4 Å². The molecule has 10 heteroatoms. The van der Waals surface area contributed by atoms with Crippen LogP contribution in [0.5, 0.6) is 11.5 Å². The van der Waals surface area contributed by atoms with Gasteiger partial charge in [0.15, 0.2) is 0 Å². The lowest BCUT2D eigenvalue weighted by atomic mass is 10.2. The first kappa shape index (κ1) is 20.6. The first-order valence-electron chi connectivity index (χ1n) is 10.0. The Morgan fingerprint density at radius 2 is 1.84 bits per heavy atom. The molecule has 31 heavy (non-hydrogen) atoms. The van der Waals surface area contributed by atoms with Crippen LogP contribution in [0.4, 0.5) is 23.4 Å². The number of hydrogen-bond donors (Lipinski definition) is 2. The number of aromatic nitrogens is 4. The third kappa shape index (κ3) is 5.10. The maximum absolute atomic E-state index is 5.95. The third-order valence-electron chi connectivity index (χ3n) is 5.06. The highest BCUT2D eigenvalue weighted by atomic mass is 16.5. The lowest BCUT2D eigenvalue weighted by Gasteiger charge is -2.34. The second-order valence-corrected chi connectivity index (χ2v) is 7.08. The average Bonchev–Trinajstić information content (AvgIpc) is 2.80. The Balaban J connectivity index is 1.43. The van der Waals surface area contributed by atoms with Crippen molar-refractivity contribution in [3.63, 3.8) is 0 Å². The molecule has 1 saturated heterocycles. The standard InChI is InChI=1S/C21H26N8O2/c1-30-15-6-7-17(31-2)16(13-15)24-21-26-18(25-20(22)27-21)14-28-9-11-29(12-10-28)19-5-3-4-8-23-19/h3-8,13H,9-12,14H2,1-2H3,(H3,22,24,25,26,27). The summed E-state index contributed by atoms with van der Waals surface area (Å²) in [5, 5.41) is 3.16. The Hall–Kier alpha value is -3.66. The van der Waals surface area contributed by atoms with Crippen molar-refractivity contribution in [1.82, 2.24) is 24.8 Å². The van der Waals surface area contributed by atoms with Crippen molar-refractivity contribution < 1.29 is 9.47 Å². The fraction of sp³-hybridized carbons (Fsp3) is 0.333. The minimum atomic E-state index is 0.168. The summed E-state index contributed by atoms with van der Waals surface area (Å²) < 4.78 is 10.7. The van der Waals surface area contributed by atoms with E-state index in [0.29, 0.717) is 35.5 Å². The highest BCUT2D eigenvalue weighted by Gasteiger charge is 2.19. The van der Waals surface area contributed by atoms with E-state index in [1.54, 1.807) is 14.2 Å². The Morgan fingerprint density at radius 3 is 2.55 bits per heavy atom. The molecular formula is C21H26N8O2. The van der Waals surface area contributed by atoms with Crippen LogP contribution in [0.2, 0.25) is 0 Å². The molecule has 3 N–H and O–H groups in total. The van der Waals surface area contributed by atoms with Crippen LogP contribution in [0, 0.1) is 0 Å². The van der Waals surface area contributed by atoms with Crippen LogP contribution in [0.3, 0.4) is 0 Å². The van der Waals surface area contributed by atoms with Crippen molar-refractivity contribution >= 4 is 23.4 Å². The molecular weight excluding hydrogens is 396 g/mol. The molecule has 1 fully saturated rings. The van der Waals surface area contributed by atoms with Gasteiger partial charge in [-0.2, -0.15) is 15.0 Å². The van der Waals surface area contributed by atoms with E-state index >= 15 is 0 Å². The lowest BCUT2D eigenvalue weighted by molar-refractivity contribution is 0.243. The zero-order chi connectivity index (χ0) is 21.6. The smallest absolute Gasteiger partial charge is 0.232 e. The van der Waals surface area contributed by atoms with Gasteiger partial charge in [0.05, 0.1) is 26.5 Å². The van der Waals surface area contributed by atoms with Crippen LogP contribution >= 0.6 is 0 Å². The minimum absolute atomic E-state index is 0.168. The van der Waals surface area contributed by atoms with E-state index in [-0.39, 0.29) is 5.95 Å². The topological polar surface area (TPSA) is 115 Å². The quantitative estimate of drug-likeness (QED) is 0.585. The summed E-state index contributed by atoms with van der Waals surface area (Å²) in [6, 6.07) is 11.4. The van der Waals surface area contributed by atoms with Crippen LogP contribution in [0.25, 0.3) is 0 Å². The number of nitrogens with two attached hydrogens (primary N) is 1. The molecule has 0 amide bonds. The number of rotatable bonds is 7. The number of pyridine rings is 1. The maximum Gasteiger partial charge on any atom is 0.232 e. The molecule has 1 aromatic carbocycles. The van der Waals surface area contributed by atoms with Gasteiger partial charge in [-0.15, -0.1) is 0 Å². The van der Waals surface area contributed by atoms with Crippen molar-refractivity contribution in [3.8, 4) is 11.5 Å². The van der Waals surface area contributed by atoms with Crippen LogP contribution in [-0.2, 0) is 6.54 Å². The van der Waals surface area contributed by atoms with Gasteiger partial charge in [-0.05, 0) is 24.3 Å². The summed E-state index contributed by atoms with van der Waals surface area (Å²) in [5.41, 5.74) is 6.63. The molecule has 1 aliphatic heterocycles. The monoisotopic (exact) mass is 422 g/mol. The number of methoxy groups -OCH3 is 2. The molecule has 4 rings (SSSR count). The zero-order valence-electron chi connectivity index (χ0n) is 17.7. The molecule has 3 heterocycles. The molecule has 0 saturated carbocycles. The molecule has 0 spiro atoms. The summed E-state index contributed by atoms with van der Waals surface area (Å²) in [5.74, 6) is 3.49. The first-order valence-corrected chi connectivity index (χ1v) is 10.0. The largest absolute Gasteiger partial charge is 0.497 e. The molecule has 10 nitrogen and oxygen atoms in total. The number of benzene rings is 1. The Labute approximate surface area is 181 Å². The Morgan fingerprint density at radius 1 is 1.00 bits per heavy atom. The van der Waals surface area contributed by atoms with Crippen molar-refractivity contribution in [2.75, 3.05) is 56.3 Å². The number of nitrogens with zero attached hydrogens (tertiary/aromatic N) is 6. The van der Waals surface area contributed by atoms with Gasteiger partial charge in [-0.25, -0.2) is 4.98 Å². The van der Waals surface area contributed by atoms with E-state index in [4.69, 9.17) is 15.2 Å².